The van der Waals surface area contributed by atoms with Crippen LogP contribution in [0.2, 0.25) is 0 Å². The minimum Gasteiger partial charge on any atom is -0.506 e. The van der Waals surface area contributed by atoms with Gasteiger partial charge in [-0.1, -0.05) is 6.07 Å². The van der Waals surface area contributed by atoms with E-state index in [1.807, 2.05) is 0 Å². The van der Waals surface area contributed by atoms with Crippen molar-refractivity contribution in [3.8, 4) is 40.2 Å². The van der Waals surface area contributed by atoms with E-state index in [0.717, 1.165) is 6.20 Å². The number of carbonyl (C=O) groups excluding carboxylic acids is 1. The molecular formula is C24H21NO10. The number of carbonyl (C=O) groups is 1. The molecule has 35 heavy (non-hydrogen) atoms. The topological polar surface area (TPSA) is 168 Å². The van der Waals surface area contributed by atoms with Crippen LogP contribution >= 0.6 is 0 Å². The third-order valence-corrected chi connectivity index (χ3v) is 5.84. The van der Waals surface area contributed by atoms with Gasteiger partial charge in [0.1, 0.15) is 5.75 Å². The fraction of sp³-hybridized carbons (Fsp3) is 0.250. The van der Waals surface area contributed by atoms with E-state index in [-0.39, 0.29) is 51.5 Å². The third-order valence-electron chi connectivity index (χ3n) is 5.84. The normalized spacial score (nSPS) is 22.8. The number of fused-ring (bicyclic) bond motifs is 2. The summed E-state index contributed by atoms with van der Waals surface area (Å²) < 4.78 is 22.8. The highest BCUT2D eigenvalue weighted by molar-refractivity contribution is 6.01. The van der Waals surface area contributed by atoms with Crippen molar-refractivity contribution in [2.75, 3.05) is 13.7 Å². The van der Waals surface area contributed by atoms with Crippen LogP contribution in [0, 0.1) is 0 Å². The molecule has 0 bridgehead atoms. The van der Waals surface area contributed by atoms with Crippen LogP contribution in [0.3, 0.4) is 0 Å². The van der Waals surface area contributed by atoms with Gasteiger partial charge in [0.15, 0.2) is 58.9 Å². The van der Waals surface area contributed by atoms with E-state index in [1.54, 1.807) is 6.07 Å². The fourth-order valence-corrected chi connectivity index (χ4v) is 4.13. The number of ketones is 1. The van der Waals surface area contributed by atoms with E-state index in [2.05, 4.69) is 4.98 Å². The molecule has 0 saturated carbocycles. The number of phenolic OH excluding ortho intramolecular Hbond substituents is 2. The summed E-state index contributed by atoms with van der Waals surface area (Å²) in [4.78, 5) is 16.5. The van der Waals surface area contributed by atoms with Crippen LogP contribution in [0.4, 0.5) is 0 Å². The Labute approximate surface area is 198 Å². The summed E-state index contributed by atoms with van der Waals surface area (Å²) in [5, 5.41) is 50.7. The first-order chi connectivity index (χ1) is 16.8. The first-order valence-corrected chi connectivity index (χ1v) is 10.6. The zero-order valence-electron chi connectivity index (χ0n) is 18.3. The summed E-state index contributed by atoms with van der Waals surface area (Å²) in [7, 11) is 1.39. The molecule has 182 valence electrons. The van der Waals surface area contributed by atoms with Crippen LogP contribution in [0.25, 0.3) is 0 Å². The lowest BCUT2D eigenvalue weighted by Gasteiger charge is -2.35. The number of aromatic hydroxyl groups is 3. The highest BCUT2D eigenvalue weighted by Crippen LogP contribution is 2.48. The largest absolute Gasteiger partial charge is 0.506 e. The molecule has 0 fully saturated rings. The van der Waals surface area contributed by atoms with Crippen LogP contribution in [0.15, 0.2) is 42.6 Å². The molecule has 11 nitrogen and oxygen atoms in total. The number of Topliss-reactive ketones (excluding diaryl/α,β-unsaturated/α-hetero) is 1. The van der Waals surface area contributed by atoms with Crippen molar-refractivity contribution in [3.05, 3.63) is 59.4 Å². The van der Waals surface area contributed by atoms with Crippen molar-refractivity contribution in [3.63, 3.8) is 0 Å². The van der Waals surface area contributed by atoms with Gasteiger partial charge in [-0.2, -0.15) is 0 Å². The van der Waals surface area contributed by atoms with Crippen LogP contribution in [-0.4, -0.2) is 62.2 Å². The first-order valence-electron chi connectivity index (χ1n) is 10.6. The zero-order chi connectivity index (χ0) is 24.9. The van der Waals surface area contributed by atoms with E-state index < -0.39 is 36.8 Å². The molecule has 0 spiro atoms. The van der Waals surface area contributed by atoms with Gasteiger partial charge in [-0.05, 0) is 24.3 Å². The van der Waals surface area contributed by atoms with Crippen molar-refractivity contribution in [2.45, 2.75) is 24.4 Å². The van der Waals surface area contributed by atoms with Crippen LogP contribution < -0.4 is 18.9 Å². The highest BCUT2D eigenvalue weighted by Gasteiger charge is 2.41. The number of nitrogens with zero attached hydrogens (tertiary/aromatic N) is 1. The molecule has 11 heteroatoms. The van der Waals surface area contributed by atoms with E-state index in [4.69, 9.17) is 18.9 Å². The van der Waals surface area contributed by atoms with Crippen molar-refractivity contribution in [2.24, 2.45) is 0 Å². The molecule has 0 amide bonds. The molecule has 2 aliphatic heterocycles. The van der Waals surface area contributed by atoms with Crippen LogP contribution in [0.5, 0.6) is 40.2 Å². The number of rotatable bonds is 4. The quantitative estimate of drug-likeness (QED) is 0.367. The van der Waals surface area contributed by atoms with Crippen molar-refractivity contribution >= 4 is 5.78 Å². The second-order valence-electron chi connectivity index (χ2n) is 8.06. The summed E-state index contributed by atoms with van der Waals surface area (Å²) in [6, 6.07) is 8.42. The standard InChI is InChI=1S/C24H21NO10/c1-32-15-5-10(2-3-13(15)28)22-18(9-26)35-24-14(29)4-11(6-17(24)34-22)23-21(31)20(30)19-16(33-23)7-12(27)8-25-19/h2-8,18,21-23,26-29,31H,9H2,1H3. The predicted molar refractivity (Wildman–Crippen MR) is 117 cm³/mol. The molecule has 2 aromatic carbocycles. The number of pyridine rings is 1. The monoisotopic (exact) mass is 483 g/mol. The number of hydrogen-bond donors (Lipinski definition) is 5. The van der Waals surface area contributed by atoms with Crippen LogP contribution in [-0.2, 0) is 0 Å². The highest BCUT2D eigenvalue weighted by atomic mass is 16.6. The lowest BCUT2D eigenvalue weighted by molar-refractivity contribution is -0.0148. The SMILES string of the molecule is COc1cc(C2Oc3cc(C4Oc5cc(O)cnc5C(=O)C4O)cc(O)c3OC2CO)ccc1O. The van der Waals surface area contributed by atoms with Gasteiger partial charge in [0.2, 0.25) is 11.5 Å². The van der Waals surface area contributed by atoms with Crippen molar-refractivity contribution in [1.82, 2.24) is 4.98 Å². The second kappa shape index (κ2) is 8.53. The van der Waals surface area contributed by atoms with Crippen molar-refractivity contribution in [1.29, 1.82) is 0 Å². The Kier molecular flexibility index (Phi) is 5.50. The molecule has 3 aromatic rings. The molecule has 0 saturated heterocycles. The number of aliphatic hydroxyl groups excluding tert-OH is 2. The van der Waals surface area contributed by atoms with E-state index >= 15 is 0 Å². The Hall–Kier alpha value is -4.22. The smallest absolute Gasteiger partial charge is 0.217 e. The molecule has 4 atom stereocenters. The van der Waals surface area contributed by atoms with Gasteiger partial charge in [0.25, 0.3) is 0 Å². The van der Waals surface area contributed by atoms with Gasteiger partial charge in [-0.15, -0.1) is 0 Å². The Bertz CT molecular complexity index is 1310. The number of benzene rings is 2. The van der Waals surface area contributed by atoms with Crippen molar-refractivity contribution < 1.29 is 49.3 Å². The van der Waals surface area contributed by atoms with Gasteiger partial charge < -0.3 is 44.5 Å². The average Bonchev–Trinajstić information content (AvgIpc) is 2.85. The molecule has 1 aromatic heterocycles. The van der Waals surface area contributed by atoms with E-state index in [9.17, 15) is 30.3 Å². The lowest BCUT2D eigenvalue weighted by Crippen LogP contribution is -2.38. The van der Waals surface area contributed by atoms with Gasteiger partial charge in [-0.3, -0.25) is 4.79 Å². The molecule has 5 rings (SSSR count). The lowest BCUT2D eigenvalue weighted by atomic mass is 9.95. The second-order valence-corrected chi connectivity index (χ2v) is 8.06. The maximum atomic E-state index is 12.6. The summed E-state index contributed by atoms with van der Waals surface area (Å²) in [5.41, 5.74) is 0.596. The number of phenols is 2. The fourth-order valence-electron chi connectivity index (χ4n) is 4.13. The molecular weight excluding hydrogens is 462 g/mol. The summed E-state index contributed by atoms with van der Waals surface area (Å²) in [6.07, 6.45) is -3.55. The Morgan fingerprint density at radius 1 is 0.943 bits per heavy atom. The number of methoxy groups -OCH3 is 1. The number of hydrogen-bond acceptors (Lipinski definition) is 11. The number of aromatic nitrogens is 1. The summed E-state index contributed by atoms with van der Waals surface area (Å²) in [5.74, 6) is -1.16. The summed E-state index contributed by atoms with van der Waals surface area (Å²) >= 11 is 0. The molecule has 4 unspecified atom stereocenters. The van der Waals surface area contributed by atoms with Gasteiger partial charge >= 0.3 is 0 Å². The Morgan fingerprint density at radius 3 is 2.46 bits per heavy atom. The molecule has 5 N–H and O–H groups in total. The van der Waals surface area contributed by atoms with E-state index in [1.165, 1.54) is 37.4 Å². The van der Waals surface area contributed by atoms with Gasteiger partial charge in [0.05, 0.1) is 19.9 Å². The predicted octanol–water partition coefficient (Wildman–Crippen LogP) is 1.76. The maximum Gasteiger partial charge on any atom is 0.217 e. The molecule has 0 aliphatic carbocycles. The van der Waals surface area contributed by atoms with Gasteiger partial charge in [0, 0.05) is 17.2 Å². The first kappa shape index (κ1) is 22.6. The minimum absolute atomic E-state index is 0.0194. The van der Waals surface area contributed by atoms with E-state index in [0.29, 0.717) is 5.56 Å². The number of aliphatic hydroxyl groups is 2. The number of ether oxygens (including phenoxy) is 4. The molecule has 2 aliphatic rings. The summed E-state index contributed by atoms with van der Waals surface area (Å²) in [6.45, 7) is -0.444. The Balaban J connectivity index is 1.52. The minimum atomic E-state index is -1.64. The third kappa shape index (κ3) is 3.80. The zero-order valence-corrected chi connectivity index (χ0v) is 18.3. The van der Waals surface area contributed by atoms with Gasteiger partial charge in [-0.25, -0.2) is 4.98 Å². The molecule has 3 heterocycles. The maximum absolute atomic E-state index is 12.6. The average molecular weight is 483 g/mol. The Morgan fingerprint density at radius 2 is 1.71 bits per heavy atom. The van der Waals surface area contributed by atoms with Crippen LogP contribution in [0.1, 0.15) is 33.8 Å². The molecule has 0 radical (unpaired) electrons.